The molecule has 150 valence electrons. The molecule has 2 N–H and O–H groups in total. The number of likely N-dealkylation sites (N-methyl/N-ethyl adjacent to an activating group) is 1. The molecule has 5 rings (SSSR count). The SMILES string of the molecule is CN1CCN(C(=O)c2ccc(Nc3nc(NC4CC4)c4sccc4n3)cc2)CC1. The van der Waals surface area contributed by atoms with E-state index in [0.717, 1.165) is 47.9 Å². The molecule has 3 heterocycles. The van der Waals surface area contributed by atoms with Crippen molar-refractivity contribution in [1.29, 1.82) is 0 Å². The Labute approximate surface area is 173 Å². The number of carbonyl (C=O) groups excluding carboxylic acids is 1. The van der Waals surface area contributed by atoms with Crippen molar-refractivity contribution in [3.63, 3.8) is 0 Å². The van der Waals surface area contributed by atoms with Crippen LogP contribution in [0, 0.1) is 0 Å². The Balaban J connectivity index is 1.31. The maximum absolute atomic E-state index is 12.7. The molecule has 8 heteroatoms. The van der Waals surface area contributed by atoms with Gasteiger partial charge in [-0.3, -0.25) is 4.79 Å². The summed E-state index contributed by atoms with van der Waals surface area (Å²) >= 11 is 1.66. The standard InChI is InChI=1S/C21H24N6OS/c1-26-9-11-27(12-10-26)20(28)14-2-4-16(5-3-14)23-21-24-17-8-13-29-18(17)19(25-21)22-15-6-7-15/h2-5,8,13,15H,6-7,9-12H2,1H3,(H2,22,23,24,25). The largest absolute Gasteiger partial charge is 0.366 e. The number of hydrogen-bond donors (Lipinski definition) is 2. The number of rotatable bonds is 5. The molecular weight excluding hydrogens is 384 g/mol. The van der Waals surface area contributed by atoms with Gasteiger partial charge in [0.25, 0.3) is 5.91 Å². The number of benzene rings is 1. The lowest BCUT2D eigenvalue weighted by molar-refractivity contribution is 0.0664. The van der Waals surface area contributed by atoms with Gasteiger partial charge in [0, 0.05) is 43.5 Å². The lowest BCUT2D eigenvalue weighted by atomic mass is 10.1. The van der Waals surface area contributed by atoms with E-state index >= 15 is 0 Å². The molecule has 1 aliphatic carbocycles. The van der Waals surface area contributed by atoms with E-state index in [1.807, 2.05) is 40.6 Å². The van der Waals surface area contributed by atoms with Gasteiger partial charge in [-0.25, -0.2) is 4.98 Å². The molecule has 0 bridgehead atoms. The second-order valence-corrected chi connectivity index (χ2v) is 8.66. The Hall–Kier alpha value is -2.71. The van der Waals surface area contributed by atoms with Crippen LogP contribution in [0.2, 0.25) is 0 Å². The predicted octanol–water partition coefficient (Wildman–Crippen LogP) is 3.40. The van der Waals surface area contributed by atoms with Crippen LogP contribution in [0.5, 0.6) is 0 Å². The summed E-state index contributed by atoms with van der Waals surface area (Å²) in [5, 5.41) is 8.82. The third-order valence-electron chi connectivity index (χ3n) is 5.40. The predicted molar refractivity (Wildman–Crippen MR) is 117 cm³/mol. The number of aromatic nitrogens is 2. The second kappa shape index (κ2) is 7.61. The van der Waals surface area contributed by atoms with E-state index in [4.69, 9.17) is 0 Å². The minimum absolute atomic E-state index is 0.0940. The third-order valence-corrected chi connectivity index (χ3v) is 6.31. The summed E-state index contributed by atoms with van der Waals surface area (Å²) in [6, 6.07) is 10.1. The van der Waals surface area contributed by atoms with Crippen LogP contribution in [-0.2, 0) is 0 Å². The van der Waals surface area contributed by atoms with E-state index < -0.39 is 0 Å². The number of nitrogens with one attached hydrogen (secondary N) is 2. The van der Waals surface area contributed by atoms with E-state index in [2.05, 4.69) is 32.5 Å². The zero-order valence-corrected chi connectivity index (χ0v) is 17.2. The zero-order chi connectivity index (χ0) is 19.8. The van der Waals surface area contributed by atoms with E-state index in [9.17, 15) is 4.79 Å². The molecule has 0 unspecified atom stereocenters. The van der Waals surface area contributed by atoms with Crippen molar-refractivity contribution in [2.45, 2.75) is 18.9 Å². The summed E-state index contributed by atoms with van der Waals surface area (Å²) in [6.07, 6.45) is 2.39. The van der Waals surface area contributed by atoms with Gasteiger partial charge < -0.3 is 20.4 Å². The molecule has 1 saturated heterocycles. The minimum atomic E-state index is 0.0940. The Morgan fingerprint density at radius 1 is 1.07 bits per heavy atom. The van der Waals surface area contributed by atoms with Gasteiger partial charge in [-0.2, -0.15) is 4.98 Å². The summed E-state index contributed by atoms with van der Waals surface area (Å²) in [5.74, 6) is 1.56. The van der Waals surface area contributed by atoms with Gasteiger partial charge in [-0.15, -0.1) is 11.3 Å². The van der Waals surface area contributed by atoms with E-state index in [0.29, 0.717) is 17.6 Å². The monoisotopic (exact) mass is 408 g/mol. The summed E-state index contributed by atoms with van der Waals surface area (Å²) in [6.45, 7) is 3.40. The van der Waals surface area contributed by atoms with E-state index in [1.165, 1.54) is 12.8 Å². The molecule has 0 spiro atoms. The number of nitrogens with zero attached hydrogens (tertiary/aromatic N) is 4. The fraction of sp³-hybridized carbons (Fsp3) is 0.381. The average Bonchev–Trinajstić information content (AvgIpc) is 3.42. The smallest absolute Gasteiger partial charge is 0.253 e. The van der Waals surface area contributed by atoms with Gasteiger partial charge in [0.05, 0.1) is 10.2 Å². The molecule has 2 aromatic heterocycles. The maximum atomic E-state index is 12.7. The number of hydrogen-bond acceptors (Lipinski definition) is 7. The number of thiophene rings is 1. The van der Waals surface area contributed by atoms with Gasteiger partial charge in [-0.05, 0) is 55.6 Å². The fourth-order valence-corrected chi connectivity index (χ4v) is 4.24. The van der Waals surface area contributed by atoms with Crippen LogP contribution < -0.4 is 10.6 Å². The first-order valence-corrected chi connectivity index (χ1v) is 10.9. The first-order chi connectivity index (χ1) is 14.2. The van der Waals surface area contributed by atoms with Crippen LogP contribution in [0.1, 0.15) is 23.2 Å². The van der Waals surface area contributed by atoms with Crippen molar-refractivity contribution in [3.8, 4) is 0 Å². The molecule has 29 heavy (non-hydrogen) atoms. The summed E-state index contributed by atoms with van der Waals surface area (Å²) < 4.78 is 1.09. The summed E-state index contributed by atoms with van der Waals surface area (Å²) in [5.41, 5.74) is 2.52. The normalized spacial score (nSPS) is 17.5. The van der Waals surface area contributed by atoms with Crippen molar-refractivity contribution in [2.75, 3.05) is 43.9 Å². The van der Waals surface area contributed by atoms with Crippen LogP contribution >= 0.6 is 11.3 Å². The molecule has 1 saturated carbocycles. The lowest BCUT2D eigenvalue weighted by Crippen LogP contribution is -2.47. The lowest BCUT2D eigenvalue weighted by Gasteiger charge is -2.32. The van der Waals surface area contributed by atoms with Crippen LogP contribution in [0.4, 0.5) is 17.5 Å². The summed E-state index contributed by atoms with van der Waals surface area (Å²) in [4.78, 5) is 26.2. The molecule has 0 atom stereocenters. The van der Waals surface area contributed by atoms with E-state index in [-0.39, 0.29) is 5.91 Å². The Bertz CT molecular complexity index is 1020. The highest BCUT2D eigenvalue weighted by Gasteiger charge is 2.23. The zero-order valence-electron chi connectivity index (χ0n) is 16.4. The number of carbonyl (C=O) groups is 1. The highest BCUT2D eigenvalue weighted by Crippen LogP contribution is 2.32. The van der Waals surface area contributed by atoms with Crippen LogP contribution in [0.25, 0.3) is 10.2 Å². The van der Waals surface area contributed by atoms with Crippen molar-refractivity contribution >= 4 is 44.9 Å². The Morgan fingerprint density at radius 3 is 2.55 bits per heavy atom. The van der Waals surface area contributed by atoms with Crippen molar-refractivity contribution < 1.29 is 4.79 Å². The molecule has 2 aliphatic rings. The van der Waals surface area contributed by atoms with Gasteiger partial charge in [-0.1, -0.05) is 0 Å². The topological polar surface area (TPSA) is 73.4 Å². The van der Waals surface area contributed by atoms with Crippen LogP contribution in [-0.4, -0.2) is 64.9 Å². The minimum Gasteiger partial charge on any atom is -0.366 e. The second-order valence-electron chi connectivity index (χ2n) is 7.75. The first-order valence-electron chi connectivity index (χ1n) is 10.0. The maximum Gasteiger partial charge on any atom is 0.253 e. The number of amides is 1. The Kier molecular flexibility index (Phi) is 4.81. The Morgan fingerprint density at radius 2 is 1.83 bits per heavy atom. The molecule has 3 aromatic rings. The highest BCUT2D eigenvalue weighted by atomic mass is 32.1. The van der Waals surface area contributed by atoms with Crippen molar-refractivity contribution in [2.24, 2.45) is 0 Å². The number of anilines is 3. The molecule has 1 amide bonds. The molecule has 1 aromatic carbocycles. The quantitative estimate of drug-likeness (QED) is 0.674. The van der Waals surface area contributed by atoms with Gasteiger partial charge in [0.15, 0.2) is 0 Å². The van der Waals surface area contributed by atoms with Crippen LogP contribution in [0.15, 0.2) is 35.7 Å². The van der Waals surface area contributed by atoms with Gasteiger partial charge in [0.1, 0.15) is 5.82 Å². The van der Waals surface area contributed by atoms with Gasteiger partial charge >= 0.3 is 0 Å². The molecule has 0 radical (unpaired) electrons. The number of piperazine rings is 1. The molecule has 7 nitrogen and oxygen atoms in total. The number of fused-ring (bicyclic) bond motifs is 1. The highest BCUT2D eigenvalue weighted by molar-refractivity contribution is 7.17. The van der Waals surface area contributed by atoms with Gasteiger partial charge in [0.2, 0.25) is 5.95 Å². The van der Waals surface area contributed by atoms with Crippen LogP contribution in [0.3, 0.4) is 0 Å². The average molecular weight is 409 g/mol. The fourth-order valence-electron chi connectivity index (χ4n) is 3.46. The molecular formula is C21H24N6OS. The van der Waals surface area contributed by atoms with Crippen molar-refractivity contribution in [1.82, 2.24) is 19.8 Å². The molecule has 1 aliphatic heterocycles. The molecule has 2 fully saturated rings. The van der Waals surface area contributed by atoms with Crippen molar-refractivity contribution in [3.05, 3.63) is 41.3 Å². The van der Waals surface area contributed by atoms with E-state index in [1.54, 1.807) is 11.3 Å². The first kappa shape index (κ1) is 18.3. The third kappa shape index (κ3) is 4.04. The summed E-state index contributed by atoms with van der Waals surface area (Å²) in [7, 11) is 2.09.